The van der Waals surface area contributed by atoms with Gasteiger partial charge in [-0.3, -0.25) is 4.79 Å². The van der Waals surface area contributed by atoms with Gasteiger partial charge in [-0.1, -0.05) is 0 Å². The summed E-state index contributed by atoms with van der Waals surface area (Å²) in [6.45, 7) is 3.93. The first-order valence-corrected chi connectivity index (χ1v) is 9.88. The predicted octanol–water partition coefficient (Wildman–Crippen LogP) is 2.68. The maximum Gasteiger partial charge on any atom is 0.410 e. The molecule has 1 aromatic carbocycles. The lowest BCUT2D eigenvalue weighted by atomic mass is 9.91. The zero-order chi connectivity index (χ0) is 20.1. The van der Waals surface area contributed by atoms with Gasteiger partial charge in [0.25, 0.3) is 5.91 Å². The lowest BCUT2D eigenvalue weighted by molar-refractivity contribution is 0.0604. The van der Waals surface area contributed by atoms with Gasteiger partial charge in [-0.05, 0) is 57.2 Å². The highest BCUT2D eigenvalue weighted by Gasteiger charge is 2.43. The van der Waals surface area contributed by atoms with Gasteiger partial charge in [-0.15, -0.1) is 0 Å². The minimum atomic E-state index is -0.866. The van der Waals surface area contributed by atoms with Gasteiger partial charge in [-0.2, -0.15) is 0 Å². The zero-order valence-electron chi connectivity index (χ0n) is 16.0. The van der Waals surface area contributed by atoms with Crippen molar-refractivity contribution in [2.45, 2.75) is 44.7 Å². The molecular formula is C20H27F2N3O3. The van der Waals surface area contributed by atoms with Crippen LogP contribution in [-0.2, 0) is 4.74 Å². The number of ether oxygens (including phenoxy) is 1. The van der Waals surface area contributed by atoms with E-state index in [1.807, 2.05) is 11.8 Å². The van der Waals surface area contributed by atoms with Gasteiger partial charge in [0.05, 0.1) is 12.2 Å². The van der Waals surface area contributed by atoms with E-state index in [4.69, 9.17) is 4.74 Å². The second-order valence-corrected chi connectivity index (χ2v) is 7.41. The molecule has 2 fully saturated rings. The van der Waals surface area contributed by atoms with E-state index in [2.05, 4.69) is 10.6 Å². The minimum absolute atomic E-state index is 0.163. The Kier molecular flexibility index (Phi) is 6.83. The van der Waals surface area contributed by atoms with Crippen LogP contribution < -0.4 is 10.6 Å². The first-order chi connectivity index (χ1) is 13.5. The van der Waals surface area contributed by atoms with Crippen molar-refractivity contribution in [3.05, 3.63) is 35.4 Å². The predicted molar refractivity (Wildman–Crippen MR) is 100.0 cm³/mol. The molecule has 0 saturated carbocycles. The number of carbonyl (C=O) groups excluding carboxylic acids is 2. The molecule has 2 aliphatic rings. The van der Waals surface area contributed by atoms with E-state index in [9.17, 15) is 18.4 Å². The van der Waals surface area contributed by atoms with E-state index in [1.165, 1.54) is 0 Å². The van der Waals surface area contributed by atoms with Crippen LogP contribution in [0.4, 0.5) is 13.6 Å². The SMILES string of the molecule is CCOC(=O)N1C2CCC1CC(CNCCNC(=O)c1ccc(F)cc1F)C2. The average Bonchev–Trinajstić information content (AvgIpc) is 2.92. The standard InChI is InChI=1S/C20H27F2N3O3/c1-2-28-20(27)25-15-4-5-16(25)10-13(9-15)12-23-7-8-24-19(26)17-6-3-14(21)11-18(17)22/h3,6,11,13,15-16,23H,2,4-5,7-10,12H2,1H3,(H,24,26). The Morgan fingerprint density at radius 3 is 2.54 bits per heavy atom. The molecule has 3 rings (SSSR count). The highest BCUT2D eigenvalue weighted by Crippen LogP contribution is 2.38. The van der Waals surface area contributed by atoms with Crippen LogP contribution in [0.5, 0.6) is 0 Å². The Labute approximate surface area is 163 Å². The number of halogens is 2. The molecule has 2 aliphatic heterocycles. The summed E-state index contributed by atoms with van der Waals surface area (Å²) in [6, 6.07) is 3.41. The zero-order valence-corrected chi connectivity index (χ0v) is 16.0. The molecule has 0 radical (unpaired) electrons. The van der Waals surface area contributed by atoms with Crippen LogP contribution in [-0.4, -0.2) is 55.2 Å². The number of nitrogens with zero attached hydrogens (tertiary/aromatic N) is 1. The van der Waals surface area contributed by atoms with E-state index in [1.54, 1.807) is 0 Å². The monoisotopic (exact) mass is 395 g/mol. The largest absolute Gasteiger partial charge is 0.450 e. The van der Waals surface area contributed by atoms with Gasteiger partial charge in [0.15, 0.2) is 0 Å². The van der Waals surface area contributed by atoms with E-state index >= 15 is 0 Å². The molecule has 1 aromatic rings. The number of benzene rings is 1. The summed E-state index contributed by atoms with van der Waals surface area (Å²) in [5.41, 5.74) is -0.163. The second-order valence-electron chi connectivity index (χ2n) is 7.41. The number of hydrogen-bond donors (Lipinski definition) is 2. The summed E-state index contributed by atoms with van der Waals surface area (Å²) in [6.07, 6.45) is 3.76. The van der Waals surface area contributed by atoms with Crippen molar-refractivity contribution in [3.63, 3.8) is 0 Å². The number of hydrogen-bond acceptors (Lipinski definition) is 4. The van der Waals surface area contributed by atoms with Crippen LogP contribution in [0, 0.1) is 17.6 Å². The fourth-order valence-corrected chi connectivity index (χ4v) is 4.29. The van der Waals surface area contributed by atoms with Crippen LogP contribution in [0.1, 0.15) is 43.0 Å². The van der Waals surface area contributed by atoms with Crippen LogP contribution in [0.3, 0.4) is 0 Å². The Morgan fingerprint density at radius 2 is 1.89 bits per heavy atom. The minimum Gasteiger partial charge on any atom is -0.450 e. The number of nitrogens with one attached hydrogen (secondary N) is 2. The first-order valence-electron chi connectivity index (χ1n) is 9.88. The molecule has 0 aromatic heterocycles. The van der Waals surface area contributed by atoms with Crippen molar-refractivity contribution < 1.29 is 23.1 Å². The maximum absolute atomic E-state index is 13.6. The first kappa shape index (κ1) is 20.5. The number of carbonyl (C=O) groups is 2. The highest BCUT2D eigenvalue weighted by molar-refractivity contribution is 5.94. The Hall–Kier alpha value is -2.22. The normalized spacial score (nSPS) is 23.5. The molecule has 0 spiro atoms. The average molecular weight is 395 g/mol. The summed E-state index contributed by atoms with van der Waals surface area (Å²) in [7, 11) is 0. The van der Waals surface area contributed by atoms with E-state index < -0.39 is 17.5 Å². The Balaban J connectivity index is 1.36. The number of fused-ring (bicyclic) bond motifs is 2. The number of piperidine rings is 1. The molecule has 0 aliphatic carbocycles. The molecule has 2 bridgehead atoms. The number of amides is 2. The fourth-order valence-electron chi connectivity index (χ4n) is 4.29. The topological polar surface area (TPSA) is 70.7 Å². The third-order valence-corrected chi connectivity index (χ3v) is 5.51. The van der Waals surface area contributed by atoms with Crippen molar-refractivity contribution in [1.82, 2.24) is 15.5 Å². The summed E-state index contributed by atoms with van der Waals surface area (Å²) >= 11 is 0. The van der Waals surface area contributed by atoms with Gasteiger partial charge in [0.1, 0.15) is 11.6 Å². The third kappa shape index (κ3) is 4.79. The van der Waals surface area contributed by atoms with Crippen molar-refractivity contribution in [1.29, 1.82) is 0 Å². The Bertz CT molecular complexity index is 702. The van der Waals surface area contributed by atoms with Gasteiger partial charge in [0, 0.05) is 31.2 Å². The molecule has 8 heteroatoms. The summed E-state index contributed by atoms with van der Waals surface area (Å²) in [5.74, 6) is -1.65. The summed E-state index contributed by atoms with van der Waals surface area (Å²) < 4.78 is 31.6. The summed E-state index contributed by atoms with van der Waals surface area (Å²) in [5, 5.41) is 5.95. The highest BCUT2D eigenvalue weighted by atomic mass is 19.1. The molecule has 2 unspecified atom stereocenters. The van der Waals surface area contributed by atoms with Crippen LogP contribution in [0.15, 0.2) is 18.2 Å². The van der Waals surface area contributed by atoms with Crippen molar-refractivity contribution >= 4 is 12.0 Å². The molecular weight excluding hydrogens is 368 g/mol. The molecule has 2 heterocycles. The van der Waals surface area contributed by atoms with Crippen molar-refractivity contribution in [2.24, 2.45) is 5.92 Å². The molecule has 2 atom stereocenters. The van der Waals surface area contributed by atoms with Crippen LogP contribution in [0.2, 0.25) is 0 Å². The second kappa shape index (κ2) is 9.32. The molecule has 6 nitrogen and oxygen atoms in total. The van der Waals surface area contributed by atoms with E-state index in [-0.39, 0.29) is 23.7 Å². The van der Waals surface area contributed by atoms with Gasteiger partial charge >= 0.3 is 6.09 Å². The van der Waals surface area contributed by atoms with Gasteiger partial charge < -0.3 is 20.3 Å². The molecule has 2 N–H and O–H groups in total. The van der Waals surface area contributed by atoms with Crippen molar-refractivity contribution in [3.8, 4) is 0 Å². The Morgan fingerprint density at radius 1 is 1.18 bits per heavy atom. The van der Waals surface area contributed by atoms with Crippen molar-refractivity contribution in [2.75, 3.05) is 26.2 Å². The molecule has 154 valence electrons. The maximum atomic E-state index is 13.6. The smallest absolute Gasteiger partial charge is 0.410 e. The van der Waals surface area contributed by atoms with E-state index in [0.717, 1.165) is 44.4 Å². The third-order valence-electron chi connectivity index (χ3n) is 5.51. The lowest BCUT2D eigenvalue weighted by Crippen LogP contribution is -2.48. The van der Waals surface area contributed by atoms with Crippen LogP contribution >= 0.6 is 0 Å². The molecule has 28 heavy (non-hydrogen) atoms. The molecule has 2 amide bonds. The van der Waals surface area contributed by atoms with E-state index in [0.29, 0.717) is 31.7 Å². The lowest BCUT2D eigenvalue weighted by Gasteiger charge is -2.38. The van der Waals surface area contributed by atoms with Gasteiger partial charge in [-0.25, -0.2) is 13.6 Å². The molecule has 2 saturated heterocycles. The quantitative estimate of drug-likeness (QED) is 0.697. The summed E-state index contributed by atoms with van der Waals surface area (Å²) in [4.78, 5) is 25.9. The van der Waals surface area contributed by atoms with Crippen LogP contribution in [0.25, 0.3) is 0 Å². The van der Waals surface area contributed by atoms with Gasteiger partial charge in [0.2, 0.25) is 0 Å². The fraction of sp³-hybridized carbons (Fsp3) is 0.600. The number of rotatable bonds is 7.